The van der Waals surface area contributed by atoms with Gasteiger partial charge in [-0.05, 0) is 30.5 Å². The molecule has 1 aromatic carbocycles. The summed E-state index contributed by atoms with van der Waals surface area (Å²) < 4.78 is 11.4. The number of carbonyl (C=O) groups excluding carboxylic acids is 2. The van der Waals surface area contributed by atoms with Crippen molar-refractivity contribution in [3.05, 3.63) is 29.8 Å². The fraction of sp³-hybridized carbons (Fsp3) is 0.652. The summed E-state index contributed by atoms with van der Waals surface area (Å²) in [5, 5.41) is 13.7. The molecule has 1 aromatic rings. The van der Waals surface area contributed by atoms with E-state index in [1.165, 1.54) is 0 Å². The predicted octanol–water partition coefficient (Wildman–Crippen LogP) is 1.88. The van der Waals surface area contributed by atoms with E-state index < -0.39 is 12.0 Å². The van der Waals surface area contributed by atoms with Crippen LogP contribution in [-0.4, -0.2) is 63.8 Å². The first-order valence-corrected chi connectivity index (χ1v) is 10.7. The maximum atomic E-state index is 12.1. The van der Waals surface area contributed by atoms with Gasteiger partial charge in [0.25, 0.3) is 0 Å². The normalized spacial score (nSPS) is 12.4. The molecule has 0 aromatic heterocycles. The van der Waals surface area contributed by atoms with Gasteiger partial charge in [-0.3, -0.25) is 4.79 Å². The number of likely N-dealkylation sites (N-methyl/N-ethyl adjacent to an activating group) is 1. The summed E-state index contributed by atoms with van der Waals surface area (Å²) in [6, 6.07) is 7.46. The number of quaternary nitrogens is 1. The van der Waals surface area contributed by atoms with Gasteiger partial charge in [-0.1, -0.05) is 31.4 Å². The van der Waals surface area contributed by atoms with Crippen LogP contribution >= 0.6 is 0 Å². The third-order valence-corrected chi connectivity index (χ3v) is 4.67. The lowest BCUT2D eigenvalue weighted by Gasteiger charge is -2.30. The number of hydrogen-bond acceptors (Lipinski definition) is 5. The summed E-state index contributed by atoms with van der Waals surface area (Å²) in [7, 11) is 7.55. The van der Waals surface area contributed by atoms with Crippen LogP contribution < -0.4 is 15.2 Å². The second kappa shape index (κ2) is 14.0. The molecule has 0 radical (unpaired) electrons. The third-order valence-electron chi connectivity index (χ3n) is 4.67. The number of benzene rings is 1. The first-order chi connectivity index (χ1) is 14.2. The number of carboxylic acids is 1. The van der Waals surface area contributed by atoms with Crippen LogP contribution in [0, 0.1) is 0 Å². The summed E-state index contributed by atoms with van der Waals surface area (Å²) >= 11 is 0. The Morgan fingerprint density at radius 3 is 2.27 bits per heavy atom. The zero-order valence-corrected chi connectivity index (χ0v) is 18.9. The first-order valence-electron chi connectivity index (χ1n) is 10.7. The molecule has 1 N–H and O–H groups in total. The lowest BCUT2D eigenvalue weighted by Crippen LogP contribution is -2.50. The van der Waals surface area contributed by atoms with E-state index in [1.54, 1.807) is 7.11 Å². The quantitative estimate of drug-likeness (QED) is 0.325. The molecule has 7 heteroatoms. The topological polar surface area (TPSA) is 87.7 Å². The summed E-state index contributed by atoms with van der Waals surface area (Å²) in [5.74, 6) is -0.379. The Hall–Kier alpha value is -2.12. The lowest BCUT2D eigenvalue weighted by atomic mass is 10.1. The minimum absolute atomic E-state index is 0.0856. The molecule has 7 nitrogen and oxygen atoms in total. The van der Waals surface area contributed by atoms with Crippen molar-refractivity contribution in [1.82, 2.24) is 5.32 Å². The summed E-state index contributed by atoms with van der Waals surface area (Å²) in [6.07, 6.45) is 5.18. The van der Waals surface area contributed by atoms with E-state index in [2.05, 4.69) is 5.32 Å². The van der Waals surface area contributed by atoms with E-state index in [-0.39, 0.29) is 12.3 Å². The second-order valence-corrected chi connectivity index (χ2v) is 8.73. The number of amides is 1. The fourth-order valence-corrected chi connectivity index (χ4v) is 3.26. The molecule has 1 atom stereocenters. The number of rotatable bonds is 16. The molecule has 0 aliphatic carbocycles. The number of aliphatic carboxylic acids is 1. The Bertz CT molecular complexity index is 625. The number of nitrogens with zero attached hydrogens (tertiary/aromatic N) is 1. The Morgan fingerprint density at radius 1 is 1.03 bits per heavy atom. The molecule has 0 fully saturated rings. The molecule has 1 unspecified atom stereocenters. The molecule has 0 heterocycles. The summed E-state index contributed by atoms with van der Waals surface area (Å²) in [4.78, 5) is 23.0. The number of carbonyl (C=O) groups is 2. The molecular formula is C23H38N2O5. The van der Waals surface area contributed by atoms with E-state index in [9.17, 15) is 14.7 Å². The van der Waals surface area contributed by atoms with Crippen LogP contribution in [0.15, 0.2) is 24.3 Å². The van der Waals surface area contributed by atoms with Crippen molar-refractivity contribution < 1.29 is 28.7 Å². The van der Waals surface area contributed by atoms with Gasteiger partial charge >= 0.3 is 0 Å². The van der Waals surface area contributed by atoms with Gasteiger partial charge in [0.2, 0.25) is 5.91 Å². The van der Waals surface area contributed by atoms with Crippen LogP contribution in [0.1, 0.15) is 50.5 Å². The molecule has 0 aliphatic heterocycles. The van der Waals surface area contributed by atoms with Crippen molar-refractivity contribution in [3.8, 4) is 5.75 Å². The maximum Gasteiger partial charge on any atom is 0.220 e. The zero-order valence-electron chi connectivity index (χ0n) is 18.9. The van der Waals surface area contributed by atoms with E-state index in [0.29, 0.717) is 24.1 Å². The number of carboxylic acid groups (broad SMARTS) is 1. The van der Waals surface area contributed by atoms with Gasteiger partial charge in [-0.25, -0.2) is 0 Å². The van der Waals surface area contributed by atoms with Gasteiger partial charge < -0.3 is 29.2 Å². The molecule has 170 valence electrons. The highest BCUT2D eigenvalue weighted by Gasteiger charge is 2.20. The number of ether oxygens (including phenoxy) is 2. The van der Waals surface area contributed by atoms with Crippen LogP contribution in [0.4, 0.5) is 0 Å². The Kier molecular flexibility index (Phi) is 12.1. The second-order valence-electron chi connectivity index (χ2n) is 8.73. The Morgan fingerprint density at radius 2 is 1.67 bits per heavy atom. The predicted molar refractivity (Wildman–Crippen MR) is 115 cm³/mol. The Balaban J connectivity index is 2.07. The molecule has 1 rings (SSSR count). The number of methoxy groups -OCH3 is 1. The molecule has 0 bridgehead atoms. The molecule has 1 amide bonds. The molecule has 0 saturated heterocycles. The molecular weight excluding hydrogens is 384 g/mol. The average molecular weight is 423 g/mol. The number of nitrogens with one attached hydrogen (secondary N) is 1. The van der Waals surface area contributed by atoms with Crippen LogP contribution in [0.5, 0.6) is 5.75 Å². The number of hydrogen-bond donors (Lipinski definition) is 1. The SMILES string of the molecule is COc1ccc(COCCCCCCCC(=O)NC(CC(=O)[O-])C[N+](C)(C)C)cc1. The summed E-state index contributed by atoms with van der Waals surface area (Å²) in [6.45, 7) is 1.88. The number of unbranched alkanes of at least 4 members (excludes halogenated alkanes) is 4. The fourth-order valence-electron chi connectivity index (χ4n) is 3.26. The maximum absolute atomic E-state index is 12.1. The van der Waals surface area contributed by atoms with E-state index in [1.807, 2.05) is 45.4 Å². The standard InChI is InChI=1S/C23H38N2O5/c1-25(2,3)17-20(16-23(27)28)24-22(26)10-8-6-5-7-9-15-30-18-19-11-13-21(29-4)14-12-19/h11-14,20H,5-10,15-18H2,1-4H3,(H-,24,26,27,28). The highest BCUT2D eigenvalue weighted by molar-refractivity contribution is 5.77. The van der Waals surface area contributed by atoms with Gasteiger partial charge in [-0.2, -0.15) is 0 Å². The van der Waals surface area contributed by atoms with E-state index in [0.717, 1.165) is 50.0 Å². The van der Waals surface area contributed by atoms with Crippen LogP contribution in [0.3, 0.4) is 0 Å². The van der Waals surface area contributed by atoms with Crippen molar-refractivity contribution in [1.29, 1.82) is 0 Å². The Labute approximate surface area is 180 Å². The van der Waals surface area contributed by atoms with Gasteiger partial charge in [0, 0.05) is 25.4 Å². The van der Waals surface area contributed by atoms with Crippen molar-refractivity contribution in [2.75, 3.05) is 41.4 Å². The molecule has 0 saturated carbocycles. The molecule has 0 spiro atoms. The summed E-state index contributed by atoms with van der Waals surface area (Å²) in [5.41, 5.74) is 1.13. The smallest absolute Gasteiger partial charge is 0.220 e. The van der Waals surface area contributed by atoms with Gasteiger partial charge in [-0.15, -0.1) is 0 Å². The van der Waals surface area contributed by atoms with Crippen LogP contribution in [0.25, 0.3) is 0 Å². The van der Waals surface area contributed by atoms with Crippen molar-refractivity contribution in [2.24, 2.45) is 0 Å². The first kappa shape index (κ1) is 25.9. The van der Waals surface area contributed by atoms with Gasteiger partial charge in [0.05, 0.1) is 47.4 Å². The van der Waals surface area contributed by atoms with Crippen molar-refractivity contribution >= 4 is 11.9 Å². The highest BCUT2D eigenvalue weighted by Crippen LogP contribution is 2.12. The lowest BCUT2D eigenvalue weighted by molar-refractivity contribution is -0.871. The van der Waals surface area contributed by atoms with Crippen molar-refractivity contribution in [3.63, 3.8) is 0 Å². The highest BCUT2D eigenvalue weighted by atomic mass is 16.5. The monoisotopic (exact) mass is 422 g/mol. The minimum Gasteiger partial charge on any atom is -0.550 e. The average Bonchev–Trinajstić information content (AvgIpc) is 2.65. The van der Waals surface area contributed by atoms with Crippen LogP contribution in [-0.2, 0) is 20.9 Å². The zero-order chi connectivity index (χ0) is 22.4. The van der Waals surface area contributed by atoms with Crippen molar-refractivity contribution in [2.45, 2.75) is 57.6 Å². The van der Waals surface area contributed by atoms with Gasteiger partial charge in [0.1, 0.15) is 5.75 Å². The molecule has 0 aliphatic rings. The third kappa shape index (κ3) is 13.2. The van der Waals surface area contributed by atoms with E-state index >= 15 is 0 Å². The largest absolute Gasteiger partial charge is 0.550 e. The molecule has 30 heavy (non-hydrogen) atoms. The van der Waals surface area contributed by atoms with Crippen LogP contribution in [0.2, 0.25) is 0 Å². The van der Waals surface area contributed by atoms with E-state index in [4.69, 9.17) is 9.47 Å². The minimum atomic E-state index is -1.14. The van der Waals surface area contributed by atoms with Gasteiger partial charge in [0.15, 0.2) is 0 Å².